The number of aromatic nitrogens is 2. The topological polar surface area (TPSA) is 76.3 Å². The molecule has 6 heteroatoms. The van der Waals surface area contributed by atoms with Gasteiger partial charge in [-0.3, -0.25) is 9.59 Å². The van der Waals surface area contributed by atoms with Gasteiger partial charge in [0.05, 0.1) is 5.39 Å². The first-order valence-electron chi connectivity index (χ1n) is 9.47. The number of rotatable bonds is 9. The Hall–Kier alpha value is -2.50. The number of carbonyl (C=O) groups is 1. The zero-order valence-corrected chi connectivity index (χ0v) is 15.9. The highest BCUT2D eigenvalue weighted by Gasteiger charge is 2.16. The van der Waals surface area contributed by atoms with Crippen LogP contribution in [0.25, 0.3) is 10.8 Å². The minimum atomic E-state index is -0.379. The van der Waals surface area contributed by atoms with E-state index in [2.05, 4.69) is 36.4 Å². The normalized spacial score (nSPS) is 10.7. The summed E-state index contributed by atoms with van der Waals surface area (Å²) in [6, 6.07) is 7.10. The summed E-state index contributed by atoms with van der Waals surface area (Å²) < 4.78 is 1.39. The second-order valence-corrected chi connectivity index (χ2v) is 6.39. The first kappa shape index (κ1) is 19.8. The second kappa shape index (κ2) is 9.85. The van der Waals surface area contributed by atoms with Crippen molar-refractivity contribution >= 4 is 22.4 Å². The van der Waals surface area contributed by atoms with Gasteiger partial charge in [-0.1, -0.05) is 58.2 Å². The minimum Gasteiger partial charge on any atom is -0.267 e. The molecule has 0 aliphatic heterocycles. The molecule has 1 heterocycles. The van der Waals surface area contributed by atoms with Gasteiger partial charge < -0.3 is 0 Å². The lowest BCUT2D eigenvalue weighted by molar-refractivity contribution is 0.0949. The number of nitrogens with zero attached hydrogens (tertiary/aromatic N) is 3. The molecule has 0 atom stereocenters. The average molecular weight is 356 g/mol. The summed E-state index contributed by atoms with van der Waals surface area (Å²) in [4.78, 5) is 25.3. The Labute approximate surface area is 154 Å². The Balaban J connectivity index is 2.40. The Morgan fingerprint density at radius 2 is 1.73 bits per heavy atom. The average Bonchev–Trinajstić information content (AvgIpc) is 2.66. The van der Waals surface area contributed by atoms with Crippen LogP contribution in [0.5, 0.6) is 0 Å². The summed E-state index contributed by atoms with van der Waals surface area (Å²) in [5.41, 5.74) is 3.70. The van der Waals surface area contributed by atoms with Crippen molar-refractivity contribution in [1.82, 2.24) is 15.2 Å². The molecule has 6 nitrogen and oxygen atoms in total. The van der Waals surface area contributed by atoms with Crippen LogP contribution in [-0.4, -0.2) is 21.4 Å². The largest absolute Gasteiger partial charge is 0.292 e. The number of fused-ring (bicyclic) bond motifs is 1. The number of benzene rings is 1. The molecule has 1 aromatic heterocycles. The van der Waals surface area contributed by atoms with Crippen molar-refractivity contribution in [2.75, 3.05) is 0 Å². The van der Waals surface area contributed by atoms with E-state index in [4.69, 9.17) is 0 Å². The molecule has 2 rings (SSSR count). The maximum absolute atomic E-state index is 12.7. The molecule has 0 aliphatic carbocycles. The van der Waals surface area contributed by atoms with Crippen molar-refractivity contribution in [3.63, 3.8) is 0 Å². The molecule has 0 unspecified atom stereocenters. The summed E-state index contributed by atoms with van der Waals surface area (Å²) in [6.07, 6.45) is 5.47. The Kier molecular flexibility index (Phi) is 7.51. The van der Waals surface area contributed by atoms with Crippen LogP contribution in [0, 0.1) is 0 Å². The number of nitrogens with one attached hydrogen (secondary N) is 1. The molecule has 26 heavy (non-hydrogen) atoms. The summed E-state index contributed by atoms with van der Waals surface area (Å²) in [7, 11) is 0. The fourth-order valence-electron chi connectivity index (χ4n) is 2.86. The van der Waals surface area contributed by atoms with Gasteiger partial charge in [-0.2, -0.15) is 10.2 Å². The fourth-order valence-corrected chi connectivity index (χ4v) is 2.86. The summed E-state index contributed by atoms with van der Waals surface area (Å²) in [5, 5.41) is 9.69. The molecule has 0 bridgehead atoms. The highest BCUT2D eigenvalue weighted by atomic mass is 16.2. The van der Waals surface area contributed by atoms with E-state index < -0.39 is 0 Å². The lowest BCUT2D eigenvalue weighted by Gasteiger charge is -2.10. The van der Waals surface area contributed by atoms with E-state index >= 15 is 0 Å². The molecule has 1 N–H and O–H groups in total. The molecule has 0 saturated carbocycles. The van der Waals surface area contributed by atoms with E-state index in [0.717, 1.165) is 44.2 Å². The zero-order chi connectivity index (χ0) is 18.9. The molecular formula is C20H28N4O2. The third-order valence-electron chi connectivity index (χ3n) is 4.20. The van der Waals surface area contributed by atoms with Gasteiger partial charge in [0, 0.05) is 17.6 Å². The smallest absolute Gasteiger partial charge is 0.267 e. The lowest BCUT2D eigenvalue weighted by Crippen LogP contribution is -2.29. The number of hydrazone groups is 1. The Bertz CT molecular complexity index is 831. The van der Waals surface area contributed by atoms with E-state index in [-0.39, 0.29) is 17.2 Å². The van der Waals surface area contributed by atoms with Crippen LogP contribution in [0.1, 0.15) is 69.8 Å². The predicted octanol–water partition coefficient (Wildman–Crippen LogP) is 3.88. The zero-order valence-electron chi connectivity index (χ0n) is 15.9. The number of hydrogen-bond donors (Lipinski definition) is 1. The molecular weight excluding hydrogens is 328 g/mol. The van der Waals surface area contributed by atoms with Gasteiger partial charge in [0.2, 0.25) is 0 Å². The van der Waals surface area contributed by atoms with Crippen LogP contribution in [-0.2, 0) is 6.54 Å². The number of aryl methyl sites for hydroxylation is 1. The Morgan fingerprint density at radius 3 is 2.35 bits per heavy atom. The number of hydrogen-bond acceptors (Lipinski definition) is 4. The van der Waals surface area contributed by atoms with E-state index in [1.807, 2.05) is 0 Å². The van der Waals surface area contributed by atoms with Gasteiger partial charge in [-0.15, -0.1) is 0 Å². The van der Waals surface area contributed by atoms with E-state index in [1.54, 1.807) is 24.3 Å². The highest BCUT2D eigenvalue weighted by Crippen LogP contribution is 2.13. The van der Waals surface area contributed by atoms with Crippen LogP contribution in [0.4, 0.5) is 0 Å². The van der Waals surface area contributed by atoms with Crippen molar-refractivity contribution in [3.05, 3.63) is 40.3 Å². The van der Waals surface area contributed by atoms with Crippen molar-refractivity contribution < 1.29 is 4.79 Å². The van der Waals surface area contributed by atoms with Gasteiger partial charge in [0.15, 0.2) is 5.69 Å². The quantitative estimate of drug-likeness (QED) is 0.547. The first-order chi connectivity index (χ1) is 12.6. The SMILES string of the molecule is CCCCn1nc(C(=O)NN=C(CCC)CCC)c2ccccc2c1=O. The van der Waals surface area contributed by atoms with Crippen LogP contribution < -0.4 is 11.0 Å². The molecule has 0 spiro atoms. The molecule has 0 radical (unpaired) electrons. The van der Waals surface area contributed by atoms with Gasteiger partial charge >= 0.3 is 0 Å². The molecule has 0 saturated heterocycles. The first-order valence-corrected chi connectivity index (χ1v) is 9.47. The number of amides is 1. The lowest BCUT2D eigenvalue weighted by atomic mass is 10.1. The van der Waals surface area contributed by atoms with Gasteiger partial charge in [-0.05, 0) is 25.3 Å². The van der Waals surface area contributed by atoms with Crippen molar-refractivity contribution in [3.8, 4) is 0 Å². The standard InChI is InChI=1S/C20H28N4O2/c1-4-7-14-24-20(26)17-13-9-8-12-16(17)18(23-24)19(25)22-21-15(10-5-2)11-6-3/h8-9,12-13H,4-7,10-11,14H2,1-3H3,(H,22,25). The maximum atomic E-state index is 12.7. The van der Waals surface area contributed by atoms with Crippen molar-refractivity contribution in [2.45, 2.75) is 65.8 Å². The van der Waals surface area contributed by atoms with Gasteiger partial charge in [0.25, 0.3) is 11.5 Å². The highest BCUT2D eigenvalue weighted by molar-refractivity contribution is 6.05. The molecule has 140 valence electrons. The van der Waals surface area contributed by atoms with Gasteiger partial charge in [0.1, 0.15) is 0 Å². The Morgan fingerprint density at radius 1 is 1.08 bits per heavy atom. The fraction of sp³-hybridized carbons (Fsp3) is 0.500. The van der Waals surface area contributed by atoms with Crippen molar-refractivity contribution in [2.24, 2.45) is 5.10 Å². The van der Waals surface area contributed by atoms with Crippen molar-refractivity contribution in [1.29, 1.82) is 0 Å². The summed E-state index contributed by atoms with van der Waals surface area (Å²) >= 11 is 0. The maximum Gasteiger partial charge on any atom is 0.292 e. The van der Waals surface area contributed by atoms with E-state index in [9.17, 15) is 9.59 Å². The van der Waals surface area contributed by atoms with Crippen LogP contribution in [0.15, 0.2) is 34.2 Å². The number of carbonyl (C=O) groups excluding carboxylic acids is 1. The van der Waals surface area contributed by atoms with Gasteiger partial charge in [-0.25, -0.2) is 10.1 Å². The summed E-state index contributed by atoms with van der Waals surface area (Å²) in [6.45, 7) is 6.73. The monoisotopic (exact) mass is 356 g/mol. The van der Waals surface area contributed by atoms with E-state index in [1.165, 1.54) is 4.68 Å². The molecule has 0 aliphatic rings. The predicted molar refractivity (Wildman–Crippen MR) is 106 cm³/mol. The molecule has 2 aromatic rings. The minimum absolute atomic E-state index is 0.160. The molecule has 1 aromatic carbocycles. The molecule has 0 fully saturated rings. The number of unbranched alkanes of at least 4 members (excludes halogenated alkanes) is 1. The van der Waals surface area contributed by atoms with E-state index in [0.29, 0.717) is 17.3 Å². The van der Waals surface area contributed by atoms with Crippen LogP contribution >= 0.6 is 0 Å². The van der Waals surface area contributed by atoms with Crippen LogP contribution in [0.2, 0.25) is 0 Å². The second-order valence-electron chi connectivity index (χ2n) is 6.39. The van der Waals surface area contributed by atoms with Crippen LogP contribution in [0.3, 0.4) is 0 Å². The summed E-state index contributed by atoms with van der Waals surface area (Å²) in [5.74, 6) is -0.379. The molecule has 1 amide bonds. The third-order valence-corrected chi connectivity index (χ3v) is 4.20. The third kappa shape index (κ3) is 4.77.